The highest BCUT2D eigenvalue weighted by Crippen LogP contribution is 2.12. The molecule has 0 bridgehead atoms. The number of carbonyl (C=O) groups is 1. The van der Waals surface area contributed by atoms with Crippen molar-refractivity contribution in [1.29, 1.82) is 5.26 Å². The van der Waals surface area contributed by atoms with Crippen LogP contribution in [0.2, 0.25) is 0 Å². The summed E-state index contributed by atoms with van der Waals surface area (Å²) in [6.45, 7) is 10.0. The Bertz CT molecular complexity index is 182. The van der Waals surface area contributed by atoms with Gasteiger partial charge in [-0.1, -0.05) is 27.7 Å². The molecule has 0 aromatic rings. The van der Waals surface area contributed by atoms with Gasteiger partial charge in [0.2, 0.25) is 0 Å². The summed E-state index contributed by atoms with van der Waals surface area (Å²) in [5, 5.41) is 8.62. The summed E-state index contributed by atoms with van der Waals surface area (Å²) >= 11 is 0. The van der Waals surface area contributed by atoms with Crippen LogP contribution in [-0.2, 0) is 9.53 Å². The molecule has 1 unspecified atom stereocenters. The van der Waals surface area contributed by atoms with E-state index in [0.717, 1.165) is 0 Å². The molecule has 3 nitrogen and oxygen atoms in total. The van der Waals surface area contributed by atoms with E-state index >= 15 is 0 Å². The molecule has 0 aromatic heterocycles. The van der Waals surface area contributed by atoms with E-state index in [4.69, 9.17) is 10.00 Å². The standard InChI is InChI=1S/C9H15NO2.C2H6/c1-4-12-9(11)8(6-10)5-7(2)3;1-2/h7-8H,4-5H2,1-3H3;1-2H3. The zero-order valence-electron chi connectivity index (χ0n) is 9.83. The Morgan fingerprint density at radius 2 is 1.93 bits per heavy atom. The Balaban J connectivity index is 0. The fourth-order valence-corrected chi connectivity index (χ4v) is 0.916. The van der Waals surface area contributed by atoms with Gasteiger partial charge in [-0.3, -0.25) is 4.79 Å². The Labute approximate surface area is 87.1 Å². The Morgan fingerprint density at radius 3 is 2.21 bits per heavy atom. The lowest BCUT2D eigenvalue weighted by Crippen LogP contribution is -2.17. The summed E-state index contributed by atoms with van der Waals surface area (Å²) < 4.78 is 4.73. The first-order valence-corrected chi connectivity index (χ1v) is 5.18. The third kappa shape index (κ3) is 7.60. The van der Waals surface area contributed by atoms with E-state index in [1.54, 1.807) is 6.92 Å². The van der Waals surface area contributed by atoms with E-state index in [-0.39, 0.29) is 0 Å². The van der Waals surface area contributed by atoms with Gasteiger partial charge >= 0.3 is 5.97 Å². The molecule has 0 saturated heterocycles. The molecule has 0 spiro atoms. The van der Waals surface area contributed by atoms with Crippen molar-refractivity contribution in [1.82, 2.24) is 0 Å². The van der Waals surface area contributed by atoms with Gasteiger partial charge in [-0.25, -0.2) is 0 Å². The summed E-state index contributed by atoms with van der Waals surface area (Å²) in [5.74, 6) is -0.641. The number of rotatable bonds is 4. The van der Waals surface area contributed by atoms with Gasteiger partial charge in [0.1, 0.15) is 5.92 Å². The van der Waals surface area contributed by atoms with Crippen molar-refractivity contribution in [2.75, 3.05) is 6.61 Å². The van der Waals surface area contributed by atoms with Crippen molar-refractivity contribution in [3.8, 4) is 6.07 Å². The summed E-state index contributed by atoms with van der Waals surface area (Å²) in [7, 11) is 0. The monoisotopic (exact) mass is 199 g/mol. The highest BCUT2D eigenvalue weighted by atomic mass is 16.5. The first kappa shape index (κ1) is 15.4. The fourth-order valence-electron chi connectivity index (χ4n) is 0.916. The van der Waals surface area contributed by atoms with E-state index < -0.39 is 11.9 Å². The summed E-state index contributed by atoms with van der Waals surface area (Å²) in [6.07, 6.45) is 0.579. The lowest BCUT2D eigenvalue weighted by atomic mass is 9.99. The first-order valence-electron chi connectivity index (χ1n) is 5.18. The Hall–Kier alpha value is -1.04. The third-order valence-electron chi connectivity index (χ3n) is 1.43. The molecule has 82 valence electrons. The second-order valence-electron chi connectivity index (χ2n) is 3.06. The second-order valence-corrected chi connectivity index (χ2v) is 3.06. The third-order valence-corrected chi connectivity index (χ3v) is 1.43. The van der Waals surface area contributed by atoms with Gasteiger partial charge in [-0.05, 0) is 19.3 Å². The van der Waals surface area contributed by atoms with E-state index in [0.29, 0.717) is 18.9 Å². The van der Waals surface area contributed by atoms with Crippen LogP contribution in [0.5, 0.6) is 0 Å². The molecule has 0 aliphatic heterocycles. The van der Waals surface area contributed by atoms with Gasteiger partial charge in [-0.15, -0.1) is 0 Å². The SMILES string of the molecule is CC.CCOC(=O)C(C#N)CC(C)C. The van der Waals surface area contributed by atoms with Crippen LogP contribution in [0.15, 0.2) is 0 Å². The maximum absolute atomic E-state index is 11.1. The number of nitriles is 1. The minimum Gasteiger partial charge on any atom is -0.465 e. The van der Waals surface area contributed by atoms with E-state index in [2.05, 4.69) is 0 Å². The van der Waals surface area contributed by atoms with Gasteiger partial charge in [-0.2, -0.15) is 5.26 Å². The Morgan fingerprint density at radius 1 is 1.43 bits per heavy atom. The summed E-state index contributed by atoms with van der Waals surface area (Å²) in [5.41, 5.74) is 0. The smallest absolute Gasteiger partial charge is 0.323 e. The largest absolute Gasteiger partial charge is 0.465 e. The van der Waals surface area contributed by atoms with Crippen molar-refractivity contribution in [3.63, 3.8) is 0 Å². The molecule has 0 heterocycles. The van der Waals surface area contributed by atoms with Crippen LogP contribution in [0.1, 0.15) is 41.0 Å². The molecule has 0 fully saturated rings. The van der Waals surface area contributed by atoms with Crippen LogP contribution in [-0.4, -0.2) is 12.6 Å². The molecule has 0 aliphatic carbocycles. The molecular formula is C11H21NO2. The number of carbonyl (C=O) groups excluding carboxylic acids is 1. The lowest BCUT2D eigenvalue weighted by Gasteiger charge is -2.09. The van der Waals surface area contributed by atoms with Crippen LogP contribution in [0.4, 0.5) is 0 Å². The molecule has 0 amide bonds. The topological polar surface area (TPSA) is 50.1 Å². The van der Waals surface area contributed by atoms with Crippen molar-refractivity contribution in [3.05, 3.63) is 0 Å². The predicted molar refractivity (Wildman–Crippen MR) is 56.5 cm³/mol. The van der Waals surface area contributed by atoms with Crippen LogP contribution < -0.4 is 0 Å². The molecule has 3 heteroatoms. The maximum Gasteiger partial charge on any atom is 0.323 e. The zero-order valence-corrected chi connectivity index (χ0v) is 9.83. The second kappa shape index (κ2) is 10.0. The van der Waals surface area contributed by atoms with E-state index in [1.165, 1.54) is 0 Å². The van der Waals surface area contributed by atoms with E-state index in [1.807, 2.05) is 33.8 Å². The quantitative estimate of drug-likeness (QED) is 0.654. The van der Waals surface area contributed by atoms with Gasteiger partial charge in [0.15, 0.2) is 0 Å². The molecule has 0 aromatic carbocycles. The van der Waals surface area contributed by atoms with Crippen molar-refractivity contribution >= 4 is 5.97 Å². The fraction of sp³-hybridized carbons (Fsp3) is 0.818. The van der Waals surface area contributed by atoms with E-state index in [9.17, 15) is 4.79 Å². The molecule has 0 aliphatic rings. The number of hydrogen-bond acceptors (Lipinski definition) is 3. The molecule has 0 N–H and O–H groups in total. The van der Waals surface area contributed by atoms with Crippen molar-refractivity contribution < 1.29 is 9.53 Å². The van der Waals surface area contributed by atoms with Crippen LogP contribution in [0, 0.1) is 23.2 Å². The summed E-state index contributed by atoms with van der Waals surface area (Å²) in [6, 6.07) is 1.94. The van der Waals surface area contributed by atoms with Gasteiger partial charge in [0.05, 0.1) is 12.7 Å². The average molecular weight is 199 g/mol. The molecule has 0 saturated carbocycles. The van der Waals surface area contributed by atoms with Crippen LogP contribution in [0.3, 0.4) is 0 Å². The molecular weight excluding hydrogens is 178 g/mol. The molecule has 1 atom stereocenters. The highest BCUT2D eigenvalue weighted by molar-refractivity contribution is 5.75. The average Bonchev–Trinajstić information content (AvgIpc) is 2.17. The number of nitrogens with zero attached hydrogens (tertiary/aromatic N) is 1. The Kier molecular flexibility index (Phi) is 11.1. The number of ether oxygens (including phenoxy) is 1. The van der Waals surface area contributed by atoms with Gasteiger partial charge in [0.25, 0.3) is 0 Å². The minimum atomic E-state index is -0.593. The normalized spacial score (nSPS) is 10.9. The molecule has 14 heavy (non-hydrogen) atoms. The van der Waals surface area contributed by atoms with Crippen molar-refractivity contribution in [2.24, 2.45) is 11.8 Å². The van der Waals surface area contributed by atoms with Crippen LogP contribution >= 0.6 is 0 Å². The van der Waals surface area contributed by atoms with Gasteiger partial charge in [0, 0.05) is 0 Å². The summed E-state index contributed by atoms with van der Waals surface area (Å²) in [4.78, 5) is 11.1. The highest BCUT2D eigenvalue weighted by Gasteiger charge is 2.19. The minimum absolute atomic E-state index is 0.342. The maximum atomic E-state index is 11.1. The lowest BCUT2D eigenvalue weighted by molar-refractivity contribution is -0.146. The van der Waals surface area contributed by atoms with Crippen molar-refractivity contribution in [2.45, 2.75) is 41.0 Å². The van der Waals surface area contributed by atoms with Gasteiger partial charge < -0.3 is 4.74 Å². The molecule has 0 rings (SSSR count). The molecule has 0 radical (unpaired) electrons. The first-order chi connectivity index (χ1) is 6.61. The number of esters is 1. The number of hydrogen-bond donors (Lipinski definition) is 0. The van der Waals surface area contributed by atoms with Crippen LogP contribution in [0.25, 0.3) is 0 Å². The zero-order chi connectivity index (χ0) is 11.6. The predicted octanol–water partition coefficient (Wildman–Crippen LogP) is 2.76.